The highest BCUT2D eigenvalue weighted by Crippen LogP contribution is 2.21. The minimum Gasteiger partial charge on any atom is -0.378 e. The van der Waals surface area contributed by atoms with Crippen molar-refractivity contribution in [2.75, 3.05) is 37.9 Å². The number of carbonyl (C=O) groups excluding carboxylic acids is 2. The van der Waals surface area contributed by atoms with Crippen LogP contribution in [-0.2, 0) is 4.79 Å². The normalized spacial score (nSPS) is 10.9. The number of urea groups is 1. The Morgan fingerprint density at radius 1 is 1.13 bits per heavy atom. The van der Waals surface area contributed by atoms with E-state index in [0.717, 1.165) is 16.9 Å². The summed E-state index contributed by atoms with van der Waals surface area (Å²) in [5, 5.41) is 5.67. The summed E-state index contributed by atoms with van der Waals surface area (Å²) in [6.45, 7) is 7.66. The first-order chi connectivity index (χ1) is 10.5. The third-order valence-electron chi connectivity index (χ3n) is 3.21. The number of aryl methyl sites for hydroxylation is 1. The van der Waals surface area contributed by atoms with Crippen LogP contribution >= 0.6 is 0 Å². The molecule has 23 heavy (non-hydrogen) atoms. The maximum absolute atomic E-state index is 12.2. The van der Waals surface area contributed by atoms with Crippen LogP contribution < -0.4 is 15.5 Å². The fourth-order valence-electron chi connectivity index (χ4n) is 2.02. The lowest BCUT2D eigenvalue weighted by Crippen LogP contribution is -2.47. The fraction of sp³-hybridized carbons (Fsp3) is 0.529. The van der Waals surface area contributed by atoms with Gasteiger partial charge in [0.25, 0.3) is 0 Å². The second kappa shape index (κ2) is 7.35. The lowest BCUT2D eigenvalue weighted by molar-refractivity contribution is -0.122. The summed E-state index contributed by atoms with van der Waals surface area (Å²) in [5.41, 5.74) is 2.46. The Hall–Kier alpha value is -2.24. The van der Waals surface area contributed by atoms with Crippen molar-refractivity contribution in [3.05, 3.63) is 23.8 Å². The minimum absolute atomic E-state index is 0.0118. The van der Waals surface area contributed by atoms with Crippen LogP contribution in [0.4, 0.5) is 16.2 Å². The molecule has 0 unspecified atom stereocenters. The molecule has 6 heteroatoms. The van der Waals surface area contributed by atoms with E-state index in [1.165, 1.54) is 4.90 Å². The van der Waals surface area contributed by atoms with Crippen LogP contribution in [0.5, 0.6) is 0 Å². The average molecular weight is 320 g/mol. The van der Waals surface area contributed by atoms with Gasteiger partial charge in [-0.05, 0) is 51.5 Å². The molecule has 0 fully saturated rings. The highest BCUT2D eigenvalue weighted by molar-refractivity contribution is 5.93. The summed E-state index contributed by atoms with van der Waals surface area (Å²) >= 11 is 0. The lowest BCUT2D eigenvalue weighted by Gasteiger charge is -2.24. The molecule has 0 radical (unpaired) electrons. The molecule has 6 nitrogen and oxygen atoms in total. The topological polar surface area (TPSA) is 64.7 Å². The summed E-state index contributed by atoms with van der Waals surface area (Å²) in [7, 11) is 5.53. The lowest BCUT2D eigenvalue weighted by atomic mass is 10.1. The number of amides is 3. The van der Waals surface area contributed by atoms with E-state index in [0.29, 0.717) is 0 Å². The van der Waals surface area contributed by atoms with Crippen molar-refractivity contribution in [3.63, 3.8) is 0 Å². The van der Waals surface area contributed by atoms with Crippen molar-refractivity contribution in [1.29, 1.82) is 0 Å². The monoisotopic (exact) mass is 320 g/mol. The molecule has 0 aliphatic carbocycles. The van der Waals surface area contributed by atoms with Crippen molar-refractivity contribution < 1.29 is 9.59 Å². The molecule has 3 amide bonds. The number of nitrogens with zero attached hydrogens (tertiary/aromatic N) is 2. The Morgan fingerprint density at radius 3 is 2.22 bits per heavy atom. The van der Waals surface area contributed by atoms with Gasteiger partial charge in [0.2, 0.25) is 5.91 Å². The molecule has 2 N–H and O–H groups in total. The summed E-state index contributed by atoms with van der Waals surface area (Å²) in [4.78, 5) is 27.4. The number of likely N-dealkylation sites (N-methyl/N-ethyl adjacent to an activating group) is 1. The van der Waals surface area contributed by atoms with Gasteiger partial charge in [-0.3, -0.25) is 4.79 Å². The van der Waals surface area contributed by atoms with Crippen molar-refractivity contribution in [3.8, 4) is 0 Å². The van der Waals surface area contributed by atoms with E-state index in [1.807, 2.05) is 64.9 Å². The number of nitrogens with one attached hydrogen (secondary N) is 2. The Morgan fingerprint density at radius 2 is 1.74 bits per heavy atom. The Balaban J connectivity index is 2.67. The quantitative estimate of drug-likeness (QED) is 0.895. The van der Waals surface area contributed by atoms with E-state index < -0.39 is 0 Å². The van der Waals surface area contributed by atoms with Gasteiger partial charge in [0.15, 0.2) is 0 Å². The summed E-state index contributed by atoms with van der Waals surface area (Å²) in [6.07, 6.45) is 0. The van der Waals surface area contributed by atoms with E-state index in [9.17, 15) is 9.59 Å². The van der Waals surface area contributed by atoms with Crippen LogP contribution in [0, 0.1) is 6.92 Å². The van der Waals surface area contributed by atoms with Gasteiger partial charge in [0, 0.05) is 38.1 Å². The molecule has 0 atom stereocenters. The van der Waals surface area contributed by atoms with Crippen LogP contribution in [-0.4, -0.2) is 50.1 Å². The third-order valence-corrected chi connectivity index (χ3v) is 3.21. The molecular formula is C17H28N4O2. The van der Waals surface area contributed by atoms with Crippen molar-refractivity contribution in [1.82, 2.24) is 10.2 Å². The second-order valence-electron chi connectivity index (χ2n) is 6.98. The largest absolute Gasteiger partial charge is 0.378 e. The van der Waals surface area contributed by atoms with Crippen LogP contribution in [0.2, 0.25) is 0 Å². The Labute approximate surface area is 138 Å². The van der Waals surface area contributed by atoms with Gasteiger partial charge in [-0.1, -0.05) is 0 Å². The molecule has 0 spiro atoms. The SMILES string of the molecule is Cc1cc(N(C)C)ccc1NC(=O)N(C)CC(=O)NC(C)(C)C. The number of hydrogen-bond donors (Lipinski definition) is 2. The molecule has 1 aromatic carbocycles. The molecule has 1 aromatic rings. The molecule has 0 aliphatic heterocycles. The molecule has 0 saturated heterocycles. The Kier molecular flexibility index (Phi) is 6.01. The van der Waals surface area contributed by atoms with Gasteiger partial charge >= 0.3 is 6.03 Å². The van der Waals surface area contributed by atoms with Crippen LogP contribution in [0.25, 0.3) is 0 Å². The molecule has 0 heterocycles. The molecule has 128 valence electrons. The first-order valence-corrected chi connectivity index (χ1v) is 7.60. The molecule has 0 bridgehead atoms. The fourth-order valence-corrected chi connectivity index (χ4v) is 2.02. The zero-order valence-corrected chi connectivity index (χ0v) is 15.2. The van der Waals surface area contributed by atoms with Crippen molar-refractivity contribution in [2.45, 2.75) is 33.2 Å². The van der Waals surface area contributed by atoms with Gasteiger partial charge in [-0.2, -0.15) is 0 Å². The van der Waals surface area contributed by atoms with Gasteiger partial charge in [-0.15, -0.1) is 0 Å². The summed E-state index contributed by atoms with van der Waals surface area (Å²) in [5.74, 6) is -0.185. The van der Waals surface area contributed by atoms with E-state index in [2.05, 4.69) is 10.6 Å². The number of benzene rings is 1. The maximum Gasteiger partial charge on any atom is 0.322 e. The maximum atomic E-state index is 12.2. The highest BCUT2D eigenvalue weighted by Gasteiger charge is 2.18. The molecule has 0 aromatic heterocycles. The van der Waals surface area contributed by atoms with E-state index in [-0.39, 0.29) is 24.0 Å². The minimum atomic E-state index is -0.313. The van der Waals surface area contributed by atoms with E-state index in [4.69, 9.17) is 0 Å². The van der Waals surface area contributed by atoms with Crippen molar-refractivity contribution in [2.24, 2.45) is 0 Å². The van der Waals surface area contributed by atoms with E-state index >= 15 is 0 Å². The standard InChI is InChI=1S/C17H28N4O2/c1-12-10-13(20(5)6)8-9-14(12)18-16(23)21(7)11-15(22)19-17(2,3)4/h8-10H,11H2,1-7H3,(H,18,23)(H,19,22). The molecular weight excluding hydrogens is 292 g/mol. The first-order valence-electron chi connectivity index (χ1n) is 7.60. The number of carbonyl (C=O) groups is 2. The number of hydrogen-bond acceptors (Lipinski definition) is 3. The van der Waals surface area contributed by atoms with Gasteiger partial charge in [0.1, 0.15) is 6.54 Å². The predicted octanol–water partition coefficient (Wildman–Crippen LogP) is 2.44. The second-order valence-corrected chi connectivity index (χ2v) is 6.98. The summed E-state index contributed by atoms with van der Waals surface area (Å²) < 4.78 is 0. The Bertz CT molecular complexity index is 576. The number of rotatable bonds is 4. The van der Waals surface area contributed by atoms with Gasteiger partial charge < -0.3 is 20.4 Å². The molecule has 0 aliphatic rings. The number of anilines is 2. The zero-order chi connectivity index (χ0) is 17.8. The van der Waals surface area contributed by atoms with Crippen LogP contribution in [0.3, 0.4) is 0 Å². The van der Waals surface area contributed by atoms with Gasteiger partial charge in [-0.25, -0.2) is 4.79 Å². The molecule has 1 rings (SSSR count). The van der Waals surface area contributed by atoms with Crippen LogP contribution in [0.15, 0.2) is 18.2 Å². The predicted molar refractivity (Wildman–Crippen MR) is 95.1 cm³/mol. The summed E-state index contributed by atoms with van der Waals surface area (Å²) in [6, 6.07) is 5.50. The highest BCUT2D eigenvalue weighted by atomic mass is 16.2. The van der Waals surface area contributed by atoms with E-state index in [1.54, 1.807) is 7.05 Å². The molecule has 0 saturated carbocycles. The first kappa shape index (κ1) is 18.8. The third kappa shape index (κ3) is 6.18. The average Bonchev–Trinajstić information content (AvgIpc) is 2.38. The zero-order valence-electron chi connectivity index (χ0n) is 15.2. The van der Waals surface area contributed by atoms with Gasteiger partial charge in [0.05, 0.1) is 0 Å². The smallest absolute Gasteiger partial charge is 0.322 e. The van der Waals surface area contributed by atoms with Crippen molar-refractivity contribution >= 4 is 23.3 Å². The van der Waals surface area contributed by atoms with Crippen LogP contribution in [0.1, 0.15) is 26.3 Å².